The summed E-state index contributed by atoms with van der Waals surface area (Å²) in [5.41, 5.74) is 0.467. The molecule has 1 aromatic rings. The molecule has 5 nitrogen and oxygen atoms in total. The van der Waals surface area contributed by atoms with Crippen molar-refractivity contribution in [3.63, 3.8) is 0 Å². The number of aliphatic hydroxyl groups excluding tert-OH is 1. The molecule has 2 rings (SSSR count). The maximum atomic E-state index is 14.0. The fraction of sp³-hybridized carbons (Fsp3) is 0.478. The molecule has 1 aliphatic heterocycles. The van der Waals surface area contributed by atoms with Crippen molar-refractivity contribution < 1.29 is 28.6 Å². The highest BCUT2D eigenvalue weighted by molar-refractivity contribution is 7.13. The Balaban J connectivity index is 1.96. The number of likely N-dealkylation sites (tertiary alicyclic amines) is 1. The highest BCUT2D eigenvalue weighted by Crippen LogP contribution is 2.34. The quantitative estimate of drug-likeness (QED) is 0.411. The van der Waals surface area contributed by atoms with E-state index in [1.54, 1.807) is 6.07 Å². The smallest absolute Gasteiger partial charge is 0.345 e. The SMILES string of the molecule is C=C(CC#CCCC)[C@H](O)/C=C/C1CC(F)(F)C(=O)N1CCCc1ccc(C(=O)O)s1. The Morgan fingerprint density at radius 3 is 2.84 bits per heavy atom. The van der Waals surface area contributed by atoms with Crippen molar-refractivity contribution in [2.24, 2.45) is 0 Å². The maximum absolute atomic E-state index is 14.0. The lowest BCUT2D eigenvalue weighted by molar-refractivity contribution is -0.148. The number of rotatable bonds is 10. The summed E-state index contributed by atoms with van der Waals surface area (Å²) in [6.07, 6.45) is 4.08. The first kappa shape index (κ1) is 24.8. The number of alkyl halides is 2. The number of aryl methyl sites for hydroxylation is 1. The summed E-state index contributed by atoms with van der Waals surface area (Å²) in [5.74, 6) is 0.195. The number of carboxylic acids is 1. The average Bonchev–Trinajstić information content (AvgIpc) is 3.27. The Labute approximate surface area is 185 Å². The van der Waals surface area contributed by atoms with Gasteiger partial charge in [-0.2, -0.15) is 8.78 Å². The van der Waals surface area contributed by atoms with Crippen molar-refractivity contribution >= 4 is 23.2 Å². The molecular formula is C23H27F2NO4S. The third kappa shape index (κ3) is 7.01. The van der Waals surface area contributed by atoms with Crippen LogP contribution in [-0.2, 0) is 11.2 Å². The van der Waals surface area contributed by atoms with Crippen LogP contribution < -0.4 is 0 Å². The summed E-state index contributed by atoms with van der Waals surface area (Å²) in [6.45, 7) is 5.91. The maximum Gasteiger partial charge on any atom is 0.345 e. The van der Waals surface area contributed by atoms with Crippen molar-refractivity contribution in [3.8, 4) is 11.8 Å². The lowest BCUT2D eigenvalue weighted by Gasteiger charge is -2.22. The summed E-state index contributed by atoms with van der Waals surface area (Å²) >= 11 is 1.13. The Morgan fingerprint density at radius 2 is 2.19 bits per heavy atom. The van der Waals surface area contributed by atoms with Crippen LogP contribution in [0.5, 0.6) is 0 Å². The zero-order chi connectivity index (χ0) is 23.0. The minimum absolute atomic E-state index is 0.114. The van der Waals surface area contributed by atoms with Gasteiger partial charge < -0.3 is 15.1 Å². The van der Waals surface area contributed by atoms with Crippen LogP contribution in [0, 0.1) is 11.8 Å². The molecule has 2 N–H and O–H groups in total. The lowest BCUT2D eigenvalue weighted by atomic mass is 10.1. The van der Waals surface area contributed by atoms with Gasteiger partial charge in [0.15, 0.2) is 0 Å². The molecule has 0 bridgehead atoms. The van der Waals surface area contributed by atoms with Gasteiger partial charge in [0.2, 0.25) is 0 Å². The molecule has 1 amide bonds. The normalized spacial score (nSPS) is 18.8. The van der Waals surface area contributed by atoms with Crippen LogP contribution in [0.1, 0.15) is 53.6 Å². The number of carbonyl (C=O) groups is 2. The molecule has 31 heavy (non-hydrogen) atoms. The van der Waals surface area contributed by atoms with E-state index in [2.05, 4.69) is 18.4 Å². The Bertz CT molecular complexity index is 897. The molecule has 1 unspecified atom stereocenters. The van der Waals surface area contributed by atoms with Gasteiger partial charge in [0.25, 0.3) is 5.91 Å². The van der Waals surface area contributed by atoms with Crippen LogP contribution >= 0.6 is 11.3 Å². The molecule has 2 atom stereocenters. The molecule has 0 aliphatic carbocycles. The van der Waals surface area contributed by atoms with Crippen LogP contribution in [0.25, 0.3) is 0 Å². The molecule has 1 fully saturated rings. The lowest BCUT2D eigenvalue weighted by Crippen LogP contribution is -2.36. The third-order valence-electron chi connectivity index (χ3n) is 4.88. The van der Waals surface area contributed by atoms with E-state index in [4.69, 9.17) is 5.11 Å². The monoisotopic (exact) mass is 451 g/mol. The molecule has 0 aromatic carbocycles. The van der Waals surface area contributed by atoms with Gasteiger partial charge in [0.05, 0.1) is 12.1 Å². The minimum Gasteiger partial charge on any atom is -0.477 e. The van der Waals surface area contributed by atoms with Gasteiger partial charge in [0.1, 0.15) is 4.88 Å². The highest BCUT2D eigenvalue weighted by Gasteiger charge is 2.52. The molecule has 1 aromatic heterocycles. The molecular weight excluding hydrogens is 424 g/mol. The molecule has 0 saturated carbocycles. The number of aromatic carboxylic acids is 1. The van der Waals surface area contributed by atoms with Crippen LogP contribution in [0.2, 0.25) is 0 Å². The topological polar surface area (TPSA) is 77.8 Å². The first-order valence-corrected chi connectivity index (χ1v) is 11.0. The zero-order valence-electron chi connectivity index (χ0n) is 17.4. The van der Waals surface area contributed by atoms with E-state index in [1.165, 1.54) is 18.2 Å². The number of amides is 1. The first-order chi connectivity index (χ1) is 14.7. The van der Waals surface area contributed by atoms with E-state index in [1.807, 2.05) is 6.92 Å². The zero-order valence-corrected chi connectivity index (χ0v) is 18.3. The van der Waals surface area contributed by atoms with Gasteiger partial charge in [-0.15, -0.1) is 17.3 Å². The van der Waals surface area contributed by atoms with Crippen LogP contribution in [0.4, 0.5) is 8.78 Å². The second kappa shape index (κ2) is 11.2. The van der Waals surface area contributed by atoms with Crippen molar-refractivity contribution in [2.45, 2.75) is 63.5 Å². The van der Waals surface area contributed by atoms with Crippen LogP contribution in [0.15, 0.2) is 36.4 Å². The summed E-state index contributed by atoms with van der Waals surface area (Å²) in [4.78, 5) is 25.2. The standard InChI is InChI=1S/C23H27F2NO4S/c1-3-4-5-6-8-16(2)19(27)12-10-17-15-23(24,25)22(30)26(17)14-7-9-18-11-13-20(31-18)21(28)29/h10-13,17,19,27H,2-4,7-9,14-15H2,1H3,(H,28,29)/b12-10+/t17?,19-/m1/s1. The van der Waals surface area contributed by atoms with E-state index in [-0.39, 0.29) is 11.4 Å². The number of carbonyl (C=O) groups excluding carboxylic acids is 1. The number of aliphatic hydroxyl groups is 1. The number of thiophene rings is 1. The number of nitrogens with zero attached hydrogens (tertiary/aromatic N) is 1. The van der Waals surface area contributed by atoms with Crippen LogP contribution in [0.3, 0.4) is 0 Å². The Morgan fingerprint density at radius 1 is 1.45 bits per heavy atom. The molecule has 1 aliphatic rings. The van der Waals surface area contributed by atoms with Gasteiger partial charge in [-0.1, -0.05) is 31.6 Å². The highest BCUT2D eigenvalue weighted by atomic mass is 32.1. The van der Waals surface area contributed by atoms with Gasteiger partial charge in [-0.05, 0) is 37.0 Å². The second-order valence-corrected chi connectivity index (χ2v) is 8.59. The van der Waals surface area contributed by atoms with E-state index in [9.17, 15) is 23.5 Å². The third-order valence-corrected chi connectivity index (χ3v) is 6.02. The molecule has 0 spiro atoms. The first-order valence-electron chi connectivity index (χ1n) is 10.2. The molecule has 8 heteroatoms. The van der Waals surface area contributed by atoms with Crippen molar-refractivity contribution in [1.82, 2.24) is 4.90 Å². The number of hydrogen-bond acceptors (Lipinski definition) is 4. The predicted molar refractivity (Wildman–Crippen MR) is 116 cm³/mol. The van der Waals surface area contributed by atoms with Gasteiger partial charge >= 0.3 is 11.9 Å². The molecule has 1 saturated heterocycles. The van der Waals surface area contributed by atoms with E-state index < -0.39 is 36.4 Å². The number of halogens is 2. The Hall–Kier alpha value is -2.50. The fourth-order valence-electron chi connectivity index (χ4n) is 3.17. The fourth-order valence-corrected chi connectivity index (χ4v) is 4.06. The Kier molecular flexibility index (Phi) is 8.96. The molecule has 168 valence electrons. The van der Waals surface area contributed by atoms with Gasteiger partial charge in [-0.25, -0.2) is 4.79 Å². The van der Waals surface area contributed by atoms with Gasteiger partial charge in [0, 0.05) is 30.7 Å². The summed E-state index contributed by atoms with van der Waals surface area (Å²) in [7, 11) is 0. The van der Waals surface area contributed by atoms with E-state index in [0.29, 0.717) is 24.8 Å². The summed E-state index contributed by atoms with van der Waals surface area (Å²) < 4.78 is 28.0. The van der Waals surface area contributed by atoms with Crippen molar-refractivity contribution in [3.05, 3.63) is 46.2 Å². The van der Waals surface area contributed by atoms with Gasteiger partial charge in [-0.3, -0.25) is 4.79 Å². The number of carboxylic acid groups (broad SMARTS) is 1. The average molecular weight is 452 g/mol. The van der Waals surface area contributed by atoms with E-state index >= 15 is 0 Å². The van der Waals surface area contributed by atoms with Crippen molar-refractivity contribution in [1.29, 1.82) is 0 Å². The molecule has 2 heterocycles. The predicted octanol–water partition coefficient (Wildman–Crippen LogP) is 4.28. The van der Waals surface area contributed by atoms with E-state index in [0.717, 1.165) is 34.0 Å². The summed E-state index contributed by atoms with van der Waals surface area (Å²) in [5, 5.41) is 19.2. The number of hydrogen-bond donors (Lipinski definition) is 2. The minimum atomic E-state index is -3.44. The number of unbranched alkanes of at least 4 members (excludes halogenated alkanes) is 1. The van der Waals surface area contributed by atoms with Crippen LogP contribution in [-0.4, -0.2) is 51.6 Å². The van der Waals surface area contributed by atoms with Crippen molar-refractivity contribution in [2.75, 3.05) is 6.54 Å². The second-order valence-electron chi connectivity index (χ2n) is 7.42. The summed E-state index contributed by atoms with van der Waals surface area (Å²) in [6, 6.07) is 2.37. The largest absolute Gasteiger partial charge is 0.477 e. The molecule has 0 radical (unpaired) electrons.